The van der Waals surface area contributed by atoms with Crippen LogP contribution in [-0.4, -0.2) is 17.6 Å². The standard InChI is InChI=1S/C45H37N3O2S/c46-44(28-10-2-1-3-11-28)48-45(47-26-27-20-22-33-32-13-5-7-19-40(32)51-41(33)24-27)29-21-23-31-35-15-9-17-37(43(35)50-39(31)25-29)36-16-8-14-34-30-12-4-6-18-38(30)49-42(34)36/h1-19,21,23,25,27,33,41,45,47H,20,22,24,26H2,(H2,46,48)/t27-,33?,41?,45?/m1/s1. The molecule has 0 saturated heterocycles. The van der Waals surface area contributed by atoms with Crippen molar-refractivity contribution in [2.45, 2.75) is 41.5 Å². The van der Waals surface area contributed by atoms with Crippen LogP contribution in [0.4, 0.5) is 0 Å². The van der Waals surface area contributed by atoms with Crippen LogP contribution in [0.1, 0.15) is 48.0 Å². The van der Waals surface area contributed by atoms with Gasteiger partial charge in [-0.25, -0.2) is 4.99 Å². The number of rotatable bonds is 7. The lowest BCUT2D eigenvalue weighted by molar-refractivity contribution is 0.314. The van der Waals surface area contributed by atoms with Crippen molar-refractivity contribution >= 4 is 61.5 Å². The molecule has 51 heavy (non-hydrogen) atoms. The van der Waals surface area contributed by atoms with Crippen molar-refractivity contribution in [3.63, 3.8) is 0 Å². The van der Waals surface area contributed by atoms with Crippen LogP contribution in [0.3, 0.4) is 0 Å². The maximum atomic E-state index is 6.76. The predicted molar refractivity (Wildman–Crippen MR) is 211 cm³/mol. The fourth-order valence-corrected chi connectivity index (χ4v) is 10.1. The number of aliphatic imine (C=N–C) groups is 1. The molecule has 4 atom stereocenters. The average Bonchev–Trinajstić information content (AvgIpc) is 3.87. The first-order chi connectivity index (χ1) is 25.2. The third-order valence-electron chi connectivity index (χ3n) is 11.0. The number of nitrogens with two attached hydrogens (primary N) is 1. The molecule has 0 radical (unpaired) electrons. The summed E-state index contributed by atoms with van der Waals surface area (Å²) < 4.78 is 13.2. The van der Waals surface area contributed by atoms with E-state index in [2.05, 4.69) is 108 Å². The van der Waals surface area contributed by atoms with Gasteiger partial charge >= 0.3 is 0 Å². The first-order valence-electron chi connectivity index (χ1n) is 17.9. The summed E-state index contributed by atoms with van der Waals surface area (Å²) in [6, 6.07) is 46.4. The van der Waals surface area contributed by atoms with Crippen LogP contribution in [-0.2, 0) is 0 Å². The third-order valence-corrected chi connectivity index (χ3v) is 12.4. The zero-order chi connectivity index (χ0) is 33.9. The van der Waals surface area contributed by atoms with E-state index in [-0.39, 0.29) is 6.17 Å². The quantitative estimate of drug-likeness (QED) is 0.129. The summed E-state index contributed by atoms with van der Waals surface area (Å²) in [5.74, 6) is 1.76. The van der Waals surface area contributed by atoms with E-state index in [4.69, 9.17) is 19.6 Å². The second-order valence-electron chi connectivity index (χ2n) is 14.0. The Morgan fingerprint density at radius 2 is 1.39 bits per heavy atom. The second-order valence-corrected chi connectivity index (χ2v) is 15.3. The highest BCUT2D eigenvalue weighted by Crippen LogP contribution is 2.53. The highest BCUT2D eigenvalue weighted by atomic mass is 32.2. The van der Waals surface area contributed by atoms with Crippen molar-refractivity contribution in [2.75, 3.05) is 6.54 Å². The molecule has 2 aromatic heterocycles. The second kappa shape index (κ2) is 12.5. The lowest BCUT2D eigenvalue weighted by atomic mass is 9.78. The molecule has 0 spiro atoms. The molecule has 6 heteroatoms. The number of benzene rings is 6. The Hall–Kier alpha value is -5.30. The van der Waals surface area contributed by atoms with Gasteiger partial charge in [-0.15, -0.1) is 11.8 Å². The highest BCUT2D eigenvalue weighted by Gasteiger charge is 2.38. The van der Waals surface area contributed by atoms with Gasteiger partial charge in [-0.1, -0.05) is 115 Å². The molecule has 8 aromatic rings. The van der Waals surface area contributed by atoms with E-state index in [1.165, 1.54) is 24.2 Å². The van der Waals surface area contributed by atoms with Crippen LogP contribution in [0.2, 0.25) is 0 Å². The van der Waals surface area contributed by atoms with Crippen LogP contribution in [0.5, 0.6) is 0 Å². The number of nitrogens with one attached hydrogen (secondary N) is 1. The first-order valence-corrected chi connectivity index (χ1v) is 18.8. The van der Waals surface area contributed by atoms with Gasteiger partial charge in [-0.05, 0) is 60.4 Å². The van der Waals surface area contributed by atoms with Gasteiger partial charge in [0, 0.05) is 54.9 Å². The van der Waals surface area contributed by atoms with Crippen LogP contribution >= 0.6 is 11.8 Å². The van der Waals surface area contributed by atoms with E-state index in [0.29, 0.717) is 22.9 Å². The van der Waals surface area contributed by atoms with E-state index in [1.807, 2.05) is 42.5 Å². The number of nitrogens with zero attached hydrogens (tertiary/aromatic N) is 1. The zero-order valence-corrected chi connectivity index (χ0v) is 28.9. The predicted octanol–water partition coefficient (Wildman–Crippen LogP) is 11.2. The number of furan rings is 2. The van der Waals surface area contributed by atoms with E-state index in [9.17, 15) is 0 Å². The van der Waals surface area contributed by atoms with Gasteiger partial charge in [0.05, 0.1) is 0 Å². The van der Waals surface area contributed by atoms with E-state index >= 15 is 0 Å². The molecule has 1 fully saturated rings. The molecule has 0 amide bonds. The summed E-state index contributed by atoms with van der Waals surface area (Å²) in [5, 5.41) is 8.85. The Labute approximate surface area is 300 Å². The van der Waals surface area contributed by atoms with Crippen molar-refractivity contribution < 1.29 is 8.83 Å². The summed E-state index contributed by atoms with van der Waals surface area (Å²) in [4.78, 5) is 6.57. The number of fused-ring (bicyclic) bond motifs is 9. The topological polar surface area (TPSA) is 76.7 Å². The number of hydrogen-bond donors (Lipinski definition) is 2. The van der Waals surface area contributed by atoms with Crippen molar-refractivity contribution in [3.05, 3.63) is 150 Å². The van der Waals surface area contributed by atoms with Crippen molar-refractivity contribution in [3.8, 4) is 11.1 Å². The smallest absolute Gasteiger partial charge is 0.143 e. The van der Waals surface area contributed by atoms with Crippen LogP contribution < -0.4 is 11.1 Å². The molecule has 10 rings (SSSR count). The summed E-state index contributed by atoms with van der Waals surface area (Å²) in [7, 11) is 0. The molecule has 1 aliphatic heterocycles. The van der Waals surface area contributed by atoms with E-state index in [1.54, 1.807) is 5.56 Å². The minimum atomic E-state index is -0.322. The third kappa shape index (κ3) is 5.33. The molecule has 3 N–H and O–H groups in total. The Balaban J connectivity index is 0.997. The summed E-state index contributed by atoms with van der Waals surface area (Å²) in [5.41, 5.74) is 15.6. The summed E-state index contributed by atoms with van der Waals surface area (Å²) in [6.07, 6.45) is 3.32. The normalized spacial score (nSPS) is 19.5. The molecular weight excluding hydrogens is 647 g/mol. The molecule has 1 aliphatic carbocycles. The zero-order valence-electron chi connectivity index (χ0n) is 28.1. The molecule has 3 unspecified atom stereocenters. The summed E-state index contributed by atoms with van der Waals surface area (Å²) in [6.45, 7) is 0.875. The number of thioether (sulfide) groups is 1. The number of amidine groups is 1. The van der Waals surface area contributed by atoms with Gasteiger partial charge in [0.25, 0.3) is 0 Å². The summed E-state index contributed by atoms with van der Waals surface area (Å²) >= 11 is 2.07. The lowest BCUT2D eigenvalue weighted by Gasteiger charge is -2.32. The van der Waals surface area contributed by atoms with Crippen molar-refractivity contribution in [2.24, 2.45) is 16.6 Å². The first kappa shape index (κ1) is 30.5. The van der Waals surface area contributed by atoms with E-state index in [0.717, 1.165) is 72.7 Å². The van der Waals surface area contributed by atoms with Crippen LogP contribution in [0, 0.1) is 5.92 Å². The fourth-order valence-electron chi connectivity index (χ4n) is 8.44. The molecule has 1 saturated carbocycles. The molecule has 2 aliphatic rings. The largest absolute Gasteiger partial charge is 0.455 e. The molecule has 250 valence electrons. The van der Waals surface area contributed by atoms with E-state index < -0.39 is 0 Å². The number of para-hydroxylation sites is 3. The Kier molecular flexibility index (Phi) is 7.47. The van der Waals surface area contributed by atoms with Gasteiger partial charge in [0.2, 0.25) is 0 Å². The minimum absolute atomic E-state index is 0.322. The molecule has 6 aromatic carbocycles. The highest BCUT2D eigenvalue weighted by molar-refractivity contribution is 8.00. The SMILES string of the molecule is N/C(=N\C(NC[C@@H]1CCC2c3ccccc3SC2C1)c1ccc2c(c1)oc1c(-c3cccc4c3oc3ccccc34)cccc12)c1ccccc1. The van der Waals surface area contributed by atoms with Crippen molar-refractivity contribution in [1.29, 1.82) is 0 Å². The maximum Gasteiger partial charge on any atom is 0.143 e. The molecule has 0 bridgehead atoms. The van der Waals surface area contributed by atoms with Gasteiger partial charge in [0.1, 0.15) is 34.3 Å². The van der Waals surface area contributed by atoms with Crippen LogP contribution in [0.25, 0.3) is 55.0 Å². The van der Waals surface area contributed by atoms with Gasteiger partial charge < -0.3 is 14.6 Å². The van der Waals surface area contributed by atoms with Crippen LogP contribution in [0.15, 0.2) is 152 Å². The lowest BCUT2D eigenvalue weighted by Crippen LogP contribution is -2.33. The average molecular weight is 684 g/mol. The Bertz CT molecular complexity index is 2600. The monoisotopic (exact) mass is 683 g/mol. The minimum Gasteiger partial charge on any atom is -0.455 e. The van der Waals surface area contributed by atoms with Gasteiger partial charge in [-0.3, -0.25) is 5.32 Å². The Morgan fingerprint density at radius 1 is 0.706 bits per heavy atom. The molecule has 5 nitrogen and oxygen atoms in total. The van der Waals surface area contributed by atoms with Crippen molar-refractivity contribution in [1.82, 2.24) is 5.32 Å². The van der Waals surface area contributed by atoms with Gasteiger partial charge in [0.15, 0.2) is 0 Å². The van der Waals surface area contributed by atoms with Gasteiger partial charge in [-0.2, -0.15) is 0 Å². The maximum absolute atomic E-state index is 6.76. The fraction of sp³-hybridized carbons (Fsp3) is 0.178. The molecular formula is C45H37N3O2S. The number of hydrogen-bond acceptors (Lipinski definition) is 5. The Morgan fingerprint density at radius 3 is 2.22 bits per heavy atom. The molecule has 3 heterocycles.